The molecule has 1 atom stereocenters. The molecular formula is C20H22N4O3. The Morgan fingerprint density at radius 3 is 2.93 bits per heavy atom. The minimum atomic E-state index is -0.281. The summed E-state index contributed by atoms with van der Waals surface area (Å²) >= 11 is 0. The molecule has 2 amide bonds. The lowest BCUT2D eigenvalue weighted by Crippen LogP contribution is -2.26. The van der Waals surface area contributed by atoms with Crippen molar-refractivity contribution in [2.45, 2.75) is 18.8 Å². The summed E-state index contributed by atoms with van der Waals surface area (Å²) < 4.78 is 5.71. The van der Waals surface area contributed by atoms with Gasteiger partial charge in [-0.3, -0.25) is 14.7 Å². The van der Waals surface area contributed by atoms with Gasteiger partial charge in [-0.25, -0.2) is 0 Å². The fourth-order valence-corrected chi connectivity index (χ4v) is 3.26. The molecule has 7 nitrogen and oxygen atoms in total. The van der Waals surface area contributed by atoms with Crippen molar-refractivity contribution in [3.63, 3.8) is 0 Å². The van der Waals surface area contributed by atoms with E-state index in [1.54, 1.807) is 19.2 Å². The van der Waals surface area contributed by atoms with Gasteiger partial charge in [-0.2, -0.15) is 5.10 Å². The van der Waals surface area contributed by atoms with Crippen LogP contribution in [0.2, 0.25) is 0 Å². The monoisotopic (exact) mass is 366 g/mol. The summed E-state index contributed by atoms with van der Waals surface area (Å²) in [6, 6.07) is 5.79. The molecule has 2 heterocycles. The van der Waals surface area contributed by atoms with E-state index in [1.165, 1.54) is 0 Å². The Hall–Kier alpha value is -3.35. The molecule has 0 fully saturated rings. The number of fused-ring (bicyclic) bond motifs is 1. The molecule has 140 valence electrons. The van der Waals surface area contributed by atoms with E-state index in [9.17, 15) is 9.59 Å². The summed E-state index contributed by atoms with van der Waals surface area (Å²) in [7, 11) is 1.56. The largest absolute Gasteiger partial charge is 0.489 e. The molecule has 27 heavy (non-hydrogen) atoms. The van der Waals surface area contributed by atoms with Crippen LogP contribution in [-0.4, -0.2) is 35.7 Å². The number of amides is 2. The van der Waals surface area contributed by atoms with Crippen LogP contribution in [0.1, 0.15) is 39.5 Å². The average molecular weight is 366 g/mol. The Kier molecular flexibility index (Phi) is 5.40. The van der Waals surface area contributed by atoms with Crippen LogP contribution in [-0.2, 0) is 11.2 Å². The second kappa shape index (κ2) is 7.90. The fraction of sp³-hybridized carbons (Fsp3) is 0.250. The average Bonchev–Trinajstić information content (AvgIpc) is 3.09. The SMILES string of the molecule is C=CCOc1ccc([C@H]2CC(=O)Nc3n[nH]c(C(=O)NC)c32)cc1CC=C. The Bertz CT molecular complexity index is 901. The Morgan fingerprint density at radius 1 is 1.41 bits per heavy atom. The number of hydrogen-bond acceptors (Lipinski definition) is 4. The molecule has 0 aliphatic carbocycles. The van der Waals surface area contributed by atoms with Gasteiger partial charge in [-0.05, 0) is 23.6 Å². The lowest BCUT2D eigenvalue weighted by Gasteiger charge is -2.24. The van der Waals surface area contributed by atoms with Crippen molar-refractivity contribution >= 4 is 17.6 Å². The number of carbonyl (C=O) groups excluding carboxylic acids is 2. The highest BCUT2D eigenvalue weighted by Gasteiger charge is 2.33. The molecule has 1 aliphatic heterocycles. The number of aromatic nitrogens is 2. The lowest BCUT2D eigenvalue weighted by molar-refractivity contribution is -0.116. The number of hydrogen-bond donors (Lipinski definition) is 3. The zero-order valence-electron chi connectivity index (χ0n) is 15.2. The maximum atomic E-state index is 12.2. The van der Waals surface area contributed by atoms with Crippen molar-refractivity contribution in [3.8, 4) is 5.75 Å². The molecule has 0 unspecified atom stereocenters. The zero-order chi connectivity index (χ0) is 19.4. The lowest BCUT2D eigenvalue weighted by atomic mass is 9.84. The van der Waals surface area contributed by atoms with Gasteiger partial charge in [0.2, 0.25) is 5.91 Å². The van der Waals surface area contributed by atoms with Gasteiger partial charge in [0.1, 0.15) is 18.1 Å². The van der Waals surface area contributed by atoms with Crippen LogP contribution in [0.15, 0.2) is 43.5 Å². The van der Waals surface area contributed by atoms with Crippen molar-refractivity contribution in [1.29, 1.82) is 0 Å². The highest BCUT2D eigenvalue weighted by atomic mass is 16.5. The fourth-order valence-electron chi connectivity index (χ4n) is 3.26. The van der Waals surface area contributed by atoms with Crippen molar-refractivity contribution < 1.29 is 14.3 Å². The summed E-state index contributed by atoms with van der Waals surface area (Å²) in [4.78, 5) is 24.4. The second-order valence-electron chi connectivity index (χ2n) is 6.20. The zero-order valence-corrected chi connectivity index (χ0v) is 15.2. The van der Waals surface area contributed by atoms with Gasteiger partial charge in [0, 0.05) is 24.9 Å². The maximum absolute atomic E-state index is 12.2. The molecule has 1 aromatic heterocycles. The van der Waals surface area contributed by atoms with Gasteiger partial charge in [0.05, 0.1) is 0 Å². The first-order valence-corrected chi connectivity index (χ1v) is 8.66. The number of anilines is 1. The van der Waals surface area contributed by atoms with Gasteiger partial charge < -0.3 is 15.4 Å². The minimum Gasteiger partial charge on any atom is -0.489 e. The van der Waals surface area contributed by atoms with E-state index in [-0.39, 0.29) is 24.2 Å². The Morgan fingerprint density at radius 2 is 2.22 bits per heavy atom. The first-order chi connectivity index (χ1) is 13.1. The van der Waals surface area contributed by atoms with Crippen LogP contribution >= 0.6 is 0 Å². The summed E-state index contributed by atoms with van der Waals surface area (Å²) in [5.41, 5.74) is 2.93. The van der Waals surface area contributed by atoms with Crippen LogP contribution in [0, 0.1) is 0 Å². The van der Waals surface area contributed by atoms with Crippen LogP contribution in [0.3, 0.4) is 0 Å². The van der Waals surface area contributed by atoms with E-state index in [0.29, 0.717) is 30.1 Å². The number of carbonyl (C=O) groups is 2. The summed E-state index contributed by atoms with van der Waals surface area (Å²) in [5.74, 6) is 0.448. The number of H-pyrrole nitrogens is 1. The molecule has 1 aliphatic rings. The Labute approximate surface area is 157 Å². The highest BCUT2D eigenvalue weighted by molar-refractivity contribution is 6.00. The van der Waals surface area contributed by atoms with E-state index >= 15 is 0 Å². The second-order valence-corrected chi connectivity index (χ2v) is 6.20. The predicted molar refractivity (Wildman–Crippen MR) is 103 cm³/mol. The van der Waals surface area contributed by atoms with Crippen molar-refractivity contribution in [2.24, 2.45) is 0 Å². The minimum absolute atomic E-state index is 0.139. The predicted octanol–water partition coefficient (Wildman–Crippen LogP) is 2.54. The molecule has 0 bridgehead atoms. The molecule has 1 aromatic carbocycles. The van der Waals surface area contributed by atoms with E-state index in [1.807, 2.05) is 18.2 Å². The van der Waals surface area contributed by atoms with E-state index < -0.39 is 0 Å². The van der Waals surface area contributed by atoms with E-state index in [2.05, 4.69) is 34.0 Å². The van der Waals surface area contributed by atoms with Crippen molar-refractivity contribution in [1.82, 2.24) is 15.5 Å². The number of allylic oxidation sites excluding steroid dienone is 1. The van der Waals surface area contributed by atoms with Crippen molar-refractivity contribution in [3.05, 3.63) is 65.9 Å². The standard InChI is InChI=1S/C20H22N4O3/c1-4-6-13-10-12(7-8-15(13)27-9-5-2)14-11-16(25)22-19-17(14)18(23-24-19)20(26)21-3/h4-5,7-8,10,14H,1-2,6,9,11H2,3H3,(H,21,26)(H2,22,23,24,25)/t14-/m1/s1. The first-order valence-electron chi connectivity index (χ1n) is 8.66. The number of nitrogens with one attached hydrogen (secondary N) is 3. The van der Waals surface area contributed by atoms with Gasteiger partial charge >= 0.3 is 0 Å². The summed E-state index contributed by atoms with van der Waals surface area (Å²) in [6.07, 6.45) is 4.34. The summed E-state index contributed by atoms with van der Waals surface area (Å²) in [6.45, 7) is 7.87. The van der Waals surface area contributed by atoms with Crippen LogP contribution in [0.5, 0.6) is 5.75 Å². The summed E-state index contributed by atoms with van der Waals surface area (Å²) in [5, 5.41) is 12.2. The molecule has 0 saturated carbocycles. The quantitative estimate of drug-likeness (QED) is 0.656. The van der Waals surface area contributed by atoms with Crippen molar-refractivity contribution in [2.75, 3.05) is 19.0 Å². The molecule has 3 rings (SSSR count). The molecule has 0 radical (unpaired) electrons. The number of ether oxygens (including phenoxy) is 1. The number of nitrogens with zero attached hydrogens (tertiary/aromatic N) is 1. The van der Waals surface area contributed by atoms with Gasteiger partial charge in [-0.15, -0.1) is 6.58 Å². The normalized spacial score (nSPS) is 15.4. The number of benzene rings is 1. The van der Waals surface area contributed by atoms with Gasteiger partial charge in [-0.1, -0.05) is 30.9 Å². The molecule has 3 N–H and O–H groups in total. The maximum Gasteiger partial charge on any atom is 0.269 e. The molecule has 2 aromatic rings. The topological polar surface area (TPSA) is 96.1 Å². The Balaban J connectivity index is 2.06. The van der Waals surface area contributed by atoms with Gasteiger partial charge in [0.25, 0.3) is 5.91 Å². The van der Waals surface area contributed by atoms with E-state index in [0.717, 1.165) is 16.9 Å². The molecular weight excluding hydrogens is 344 g/mol. The third kappa shape index (κ3) is 3.62. The highest BCUT2D eigenvalue weighted by Crippen LogP contribution is 2.39. The van der Waals surface area contributed by atoms with Gasteiger partial charge in [0.15, 0.2) is 5.82 Å². The third-order valence-electron chi connectivity index (χ3n) is 4.46. The molecule has 7 heteroatoms. The third-order valence-corrected chi connectivity index (χ3v) is 4.46. The number of rotatable bonds is 7. The van der Waals surface area contributed by atoms with E-state index in [4.69, 9.17) is 4.74 Å². The number of aromatic amines is 1. The van der Waals surface area contributed by atoms with Crippen LogP contribution < -0.4 is 15.4 Å². The van der Waals surface area contributed by atoms with Crippen LogP contribution in [0.4, 0.5) is 5.82 Å². The molecule has 0 saturated heterocycles. The molecule has 0 spiro atoms. The van der Waals surface area contributed by atoms with Crippen LogP contribution in [0.25, 0.3) is 0 Å². The first kappa shape index (κ1) is 18.4. The smallest absolute Gasteiger partial charge is 0.269 e.